The minimum Gasteiger partial charge on any atom is -0.389 e. The standard InChI is InChI=1S/C16H24FNO2/c1-5-13-9-20-11(3)8-18(13)16-6-10(2)15(17)7-14(16)12(4)19/h6-7,11-13,19H,5,8-9H2,1-4H3. The summed E-state index contributed by atoms with van der Waals surface area (Å²) in [5.41, 5.74) is 2.19. The van der Waals surface area contributed by atoms with Gasteiger partial charge in [0.1, 0.15) is 5.82 Å². The lowest BCUT2D eigenvalue weighted by molar-refractivity contribution is 0.0297. The first-order chi connectivity index (χ1) is 9.43. The number of hydrogen-bond acceptors (Lipinski definition) is 3. The van der Waals surface area contributed by atoms with E-state index >= 15 is 0 Å². The Morgan fingerprint density at radius 2 is 2.20 bits per heavy atom. The summed E-state index contributed by atoms with van der Waals surface area (Å²) >= 11 is 0. The number of ether oxygens (including phenoxy) is 1. The van der Waals surface area contributed by atoms with Gasteiger partial charge in [0.2, 0.25) is 0 Å². The van der Waals surface area contributed by atoms with E-state index in [1.54, 1.807) is 13.8 Å². The number of halogens is 1. The van der Waals surface area contributed by atoms with Gasteiger partial charge in [-0.2, -0.15) is 0 Å². The fourth-order valence-electron chi connectivity index (χ4n) is 2.74. The molecule has 0 saturated carbocycles. The molecule has 112 valence electrons. The van der Waals surface area contributed by atoms with Crippen molar-refractivity contribution >= 4 is 5.69 Å². The quantitative estimate of drug-likeness (QED) is 0.923. The largest absolute Gasteiger partial charge is 0.389 e. The summed E-state index contributed by atoms with van der Waals surface area (Å²) in [7, 11) is 0. The van der Waals surface area contributed by atoms with Gasteiger partial charge in [0.05, 0.1) is 24.9 Å². The molecular weight excluding hydrogens is 257 g/mol. The summed E-state index contributed by atoms with van der Waals surface area (Å²) in [4.78, 5) is 2.25. The fraction of sp³-hybridized carbons (Fsp3) is 0.625. The molecule has 0 radical (unpaired) electrons. The summed E-state index contributed by atoms with van der Waals surface area (Å²) in [5.74, 6) is -0.265. The van der Waals surface area contributed by atoms with Crippen LogP contribution in [0.1, 0.15) is 44.4 Å². The molecular formula is C16H24FNO2. The van der Waals surface area contributed by atoms with Crippen molar-refractivity contribution in [1.82, 2.24) is 0 Å². The maximum absolute atomic E-state index is 13.8. The van der Waals surface area contributed by atoms with Gasteiger partial charge >= 0.3 is 0 Å². The first-order valence-electron chi connectivity index (χ1n) is 7.30. The zero-order valence-corrected chi connectivity index (χ0v) is 12.7. The lowest BCUT2D eigenvalue weighted by atomic mass is 10.0. The maximum Gasteiger partial charge on any atom is 0.126 e. The third-order valence-corrected chi connectivity index (χ3v) is 4.01. The SMILES string of the molecule is CCC1COC(C)CN1c1cc(C)c(F)cc1C(C)O. The van der Waals surface area contributed by atoms with Crippen LogP contribution in [0, 0.1) is 12.7 Å². The van der Waals surface area contributed by atoms with Crippen LogP contribution in [0.5, 0.6) is 0 Å². The van der Waals surface area contributed by atoms with E-state index in [2.05, 4.69) is 11.8 Å². The van der Waals surface area contributed by atoms with E-state index in [9.17, 15) is 9.50 Å². The number of aliphatic hydroxyl groups excluding tert-OH is 1. The molecule has 1 aromatic rings. The number of aryl methyl sites for hydroxylation is 1. The third-order valence-electron chi connectivity index (χ3n) is 4.01. The number of anilines is 1. The maximum atomic E-state index is 13.8. The molecule has 0 amide bonds. The molecule has 20 heavy (non-hydrogen) atoms. The van der Waals surface area contributed by atoms with Gasteiger partial charge in [0.25, 0.3) is 0 Å². The van der Waals surface area contributed by atoms with Crippen molar-refractivity contribution in [2.75, 3.05) is 18.1 Å². The van der Waals surface area contributed by atoms with Crippen LogP contribution >= 0.6 is 0 Å². The second-order valence-corrected chi connectivity index (χ2v) is 5.69. The molecule has 1 aliphatic rings. The Morgan fingerprint density at radius 1 is 1.50 bits per heavy atom. The van der Waals surface area contributed by atoms with Gasteiger partial charge in [-0.25, -0.2) is 4.39 Å². The Balaban J connectivity index is 2.45. The predicted molar refractivity (Wildman–Crippen MR) is 78.6 cm³/mol. The van der Waals surface area contributed by atoms with Gasteiger partial charge in [0.15, 0.2) is 0 Å². The van der Waals surface area contributed by atoms with Crippen LogP contribution in [-0.2, 0) is 4.74 Å². The highest BCUT2D eigenvalue weighted by atomic mass is 19.1. The number of rotatable bonds is 3. The summed E-state index contributed by atoms with van der Waals surface area (Å²) < 4.78 is 19.5. The average molecular weight is 281 g/mol. The normalized spacial score (nSPS) is 24.8. The van der Waals surface area contributed by atoms with Gasteiger partial charge in [-0.1, -0.05) is 6.92 Å². The molecule has 1 heterocycles. The topological polar surface area (TPSA) is 32.7 Å². The van der Waals surface area contributed by atoms with Crippen molar-refractivity contribution in [3.63, 3.8) is 0 Å². The van der Waals surface area contributed by atoms with E-state index in [-0.39, 0.29) is 18.0 Å². The Bertz CT molecular complexity index is 476. The van der Waals surface area contributed by atoms with Crippen LogP contribution in [0.15, 0.2) is 12.1 Å². The van der Waals surface area contributed by atoms with Crippen LogP contribution in [0.3, 0.4) is 0 Å². The Morgan fingerprint density at radius 3 is 2.80 bits per heavy atom. The van der Waals surface area contributed by atoms with Crippen molar-refractivity contribution in [1.29, 1.82) is 0 Å². The minimum atomic E-state index is -0.684. The highest BCUT2D eigenvalue weighted by Crippen LogP contribution is 2.32. The van der Waals surface area contributed by atoms with E-state index in [1.165, 1.54) is 6.07 Å². The fourth-order valence-corrected chi connectivity index (χ4v) is 2.74. The summed E-state index contributed by atoms with van der Waals surface area (Å²) in [6.07, 6.45) is 0.420. The molecule has 1 fully saturated rings. The van der Waals surface area contributed by atoms with Gasteiger partial charge in [0, 0.05) is 17.8 Å². The van der Waals surface area contributed by atoms with Gasteiger partial charge in [-0.05, 0) is 44.9 Å². The Kier molecular flexibility index (Phi) is 4.66. The number of hydrogen-bond donors (Lipinski definition) is 1. The van der Waals surface area contributed by atoms with E-state index < -0.39 is 6.10 Å². The molecule has 0 aliphatic carbocycles. The van der Waals surface area contributed by atoms with Crippen molar-refractivity contribution in [3.05, 3.63) is 29.1 Å². The second-order valence-electron chi connectivity index (χ2n) is 5.69. The van der Waals surface area contributed by atoms with Crippen LogP contribution in [0.4, 0.5) is 10.1 Å². The molecule has 0 bridgehead atoms. The molecule has 3 atom stereocenters. The summed E-state index contributed by atoms with van der Waals surface area (Å²) in [5, 5.41) is 9.95. The van der Waals surface area contributed by atoms with Gasteiger partial charge in [-0.15, -0.1) is 0 Å². The van der Waals surface area contributed by atoms with Crippen molar-refractivity contribution < 1.29 is 14.2 Å². The second kappa shape index (κ2) is 6.10. The number of nitrogens with zero attached hydrogens (tertiary/aromatic N) is 1. The van der Waals surface area contributed by atoms with E-state index in [0.717, 1.165) is 18.7 Å². The Labute approximate surface area is 120 Å². The lowest BCUT2D eigenvalue weighted by Crippen LogP contribution is -2.49. The van der Waals surface area contributed by atoms with Gasteiger partial charge in [-0.3, -0.25) is 0 Å². The van der Waals surface area contributed by atoms with Crippen molar-refractivity contribution in [2.24, 2.45) is 0 Å². The van der Waals surface area contributed by atoms with Crippen LogP contribution in [-0.4, -0.2) is 30.4 Å². The highest BCUT2D eigenvalue weighted by Gasteiger charge is 2.28. The third kappa shape index (κ3) is 2.96. The smallest absolute Gasteiger partial charge is 0.126 e. The van der Waals surface area contributed by atoms with Crippen molar-refractivity contribution in [2.45, 2.75) is 52.4 Å². The molecule has 3 nitrogen and oxygen atoms in total. The number of benzene rings is 1. The molecule has 1 aromatic carbocycles. The molecule has 2 rings (SSSR count). The molecule has 1 aliphatic heterocycles. The molecule has 1 N–H and O–H groups in total. The molecule has 0 aromatic heterocycles. The zero-order chi connectivity index (χ0) is 14.9. The summed E-state index contributed by atoms with van der Waals surface area (Å²) in [6.45, 7) is 9.04. The van der Waals surface area contributed by atoms with E-state index in [1.807, 2.05) is 13.0 Å². The minimum absolute atomic E-state index is 0.144. The van der Waals surface area contributed by atoms with E-state index in [0.29, 0.717) is 17.7 Å². The van der Waals surface area contributed by atoms with Crippen LogP contribution < -0.4 is 4.90 Å². The molecule has 3 unspecified atom stereocenters. The predicted octanol–water partition coefficient (Wildman–Crippen LogP) is 3.19. The molecule has 1 saturated heterocycles. The highest BCUT2D eigenvalue weighted by molar-refractivity contribution is 5.58. The van der Waals surface area contributed by atoms with E-state index in [4.69, 9.17) is 4.74 Å². The Hall–Kier alpha value is -1.13. The molecule has 0 spiro atoms. The summed E-state index contributed by atoms with van der Waals surface area (Å²) in [6, 6.07) is 3.58. The average Bonchev–Trinajstić information content (AvgIpc) is 2.41. The molecule has 4 heteroatoms. The number of aliphatic hydroxyl groups is 1. The van der Waals surface area contributed by atoms with Crippen molar-refractivity contribution in [3.8, 4) is 0 Å². The number of morpholine rings is 1. The zero-order valence-electron chi connectivity index (χ0n) is 12.7. The lowest BCUT2D eigenvalue weighted by Gasteiger charge is -2.41. The van der Waals surface area contributed by atoms with Gasteiger partial charge < -0.3 is 14.7 Å². The van der Waals surface area contributed by atoms with Crippen LogP contribution in [0.2, 0.25) is 0 Å². The first-order valence-corrected chi connectivity index (χ1v) is 7.30. The van der Waals surface area contributed by atoms with Crippen LogP contribution in [0.25, 0.3) is 0 Å². The first kappa shape index (κ1) is 15.3. The monoisotopic (exact) mass is 281 g/mol.